The van der Waals surface area contributed by atoms with Gasteiger partial charge in [0, 0.05) is 19.5 Å². The van der Waals surface area contributed by atoms with E-state index in [1.807, 2.05) is 18.2 Å². The first-order valence-electron chi connectivity index (χ1n) is 11.5. The number of likely N-dealkylation sites (tertiary alicyclic amines) is 1. The van der Waals surface area contributed by atoms with Crippen LogP contribution in [0.1, 0.15) is 40.7 Å². The lowest BCUT2D eigenvalue weighted by atomic mass is 9.93. The molecule has 1 saturated heterocycles. The lowest BCUT2D eigenvalue weighted by Crippen LogP contribution is -2.37. The molecule has 4 N–H and O–H groups in total. The second kappa shape index (κ2) is 11.5. The number of aromatic nitrogens is 1. The average molecular weight is 492 g/mol. The Morgan fingerprint density at radius 3 is 2.91 bits per heavy atom. The van der Waals surface area contributed by atoms with Crippen molar-refractivity contribution in [2.24, 2.45) is 11.7 Å². The number of carbonyl (C=O) groups is 2. The van der Waals surface area contributed by atoms with Crippen molar-refractivity contribution in [2.75, 3.05) is 44.8 Å². The van der Waals surface area contributed by atoms with Crippen LogP contribution >= 0.6 is 11.5 Å². The van der Waals surface area contributed by atoms with Crippen LogP contribution in [-0.4, -0.2) is 60.7 Å². The number of hydrogen-bond acceptors (Lipinski definition) is 7. The zero-order valence-corrected chi connectivity index (χ0v) is 19.8. The predicted octanol–water partition coefficient (Wildman–Crippen LogP) is 2.95. The fourth-order valence-corrected chi connectivity index (χ4v) is 5.02. The van der Waals surface area contributed by atoms with Crippen molar-refractivity contribution in [3.63, 3.8) is 0 Å². The van der Waals surface area contributed by atoms with E-state index < -0.39 is 11.9 Å². The van der Waals surface area contributed by atoms with Gasteiger partial charge in [0.1, 0.15) is 29.6 Å². The summed E-state index contributed by atoms with van der Waals surface area (Å²) in [6.07, 6.45) is 3.74. The largest absolute Gasteiger partial charge is 0.493 e. The van der Waals surface area contributed by atoms with Gasteiger partial charge in [-0.3, -0.25) is 10.1 Å². The van der Waals surface area contributed by atoms with Gasteiger partial charge in [-0.2, -0.15) is 4.37 Å². The van der Waals surface area contributed by atoms with E-state index in [4.69, 9.17) is 15.2 Å². The Kier molecular flexibility index (Phi) is 8.17. The summed E-state index contributed by atoms with van der Waals surface area (Å²) in [5, 5.41) is 5.73. The molecule has 2 aromatic rings. The second-order valence-corrected chi connectivity index (χ2v) is 9.30. The first kappa shape index (κ1) is 24.2. The SMILES string of the molecule is NC(=O)c1c(OCc2ccc3c(c2)OCC3)nsc1NC(=O)NCCC1CCN(CCF)CC1. The van der Waals surface area contributed by atoms with Crippen LogP contribution in [0.25, 0.3) is 0 Å². The molecule has 3 heterocycles. The molecule has 0 spiro atoms. The molecule has 0 aliphatic carbocycles. The quantitative estimate of drug-likeness (QED) is 0.470. The van der Waals surface area contributed by atoms with Crippen LogP contribution in [0.15, 0.2) is 18.2 Å². The molecule has 0 unspecified atom stereocenters. The van der Waals surface area contributed by atoms with Crippen molar-refractivity contribution in [3.8, 4) is 11.6 Å². The van der Waals surface area contributed by atoms with E-state index in [-0.39, 0.29) is 29.7 Å². The summed E-state index contributed by atoms with van der Waals surface area (Å²) in [5.74, 6) is 0.717. The number of urea groups is 1. The van der Waals surface area contributed by atoms with Gasteiger partial charge < -0.3 is 25.4 Å². The van der Waals surface area contributed by atoms with Gasteiger partial charge in [-0.1, -0.05) is 12.1 Å². The Bertz CT molecular complexity index is 1010. The summed E-state index contributed by atoms with van der Waals surface area (Å²) in [4.78, 5) is 26.5. The van der Waals surface area contributed by atoms with Crippen LogP contribution in [0.5, 0.6) is 11.6 Å². The van der Waals surface area contributed by atoms with Crippen LogP contribution in [0, 0.1) is 5.92 Å². The maximum Gasteiger partial charge on any atom is 0.319 e. The van der Waals surface area contributed by atoms with Crippen molar-refractivity contribution < 1.29 is 23.5 Å². The number of halogens is 1. The highest BCUT2D eigenvalue weighted by Crippen LogP contribution is 2.32. The highest BCUT2D eigenvalue weighted by Gasteiger charge is 2.23. The van der Waals surface area contributed by atoms with E-state index in [2.05, 4.69) is 19.9 Å². The van der Waals surface area contributed by atoms with E-state index >= 15 is 0 Å². The smallest absolute Gasteiger partial charge is 0.319 e. The zero-order chi connectivity index (χ0) is 23.9. The van der Waals surface area contributed by atoms with Crippen LogP contribution in [0.4, 0.5) is 14.2 Å². The Morgan fingerprint density at radius 1 is 1.32 bits per heavy atom. The third-order valence-corrected chi connectivity index (χ3v) is 6.96. The van der Waals surface area contributed by atoms with Gasteiger partial charge in [-0.15, -0.1) is 0 Å². The van der Waals surface area contributed by atoms with E-state index in [1.165, 1.54) is 0 Å². The first-order valence-corrected chi connectivity index (χ1v) is 12.3. The molecule has 2 aliphatic rings. The third kappa shape index (κ3) is 6.15. The number of ether oxygens (including phenoxy) is 2. The Morgan fingerprint density at radius 2 is 2.15 bits per heavy atom. The standard InChI is InChI=1S/C23H30FN5O4S/c24-7-11-29-9-4-15(5-10-29)3-8-26-23(31)27-22-19(20(25)30)21(28-34-22)33-14-16-1-2-17-6-12-32-18(17)13-16/h1-2,13,15H,3-12,14H2,(H2,25,30)(H2,26,27,31). The molecule has 0 bridgehead atoms. The molecule has 1 aromatic carbocycles. The minimum Gasteiger partial charge on any atom is -0.493 e. The van der Waals surface area contributed by atoms with E-state index in [9.17, 15) is 14.0 Å². The van der Waals surface area contributed by atoms with E-state index in [1.54, 1.807) is 0 Å². The number of benzene rings is 1. The molecule has 9 nitrogen and oxygen atoms in total. The highest BCUT2D eigenvalue weighted by molar-refractivity contribution is 7.11. The maximum absolute atomic E-state index is 12.4. The summed E-state index contributed by atoms with van der Waals surface area (Å²) < 4.78 is 27.9. The van der Waals surface area contributed by atoms with Gasteiger partial charge in [0.2, 0.25) is 5.88 Å². The summed E-state index contributed by atoms with van der Waals surface area (Å²) >= 11 is 0.946. The molecule has 2 aliphatic heterocycles. The van der Waals surface area contributed by atoms with Crippen molar-refractivity contribution in [3.05, 3.63) is 34.9 Å². The average Bonchev–Trinajstić information content (AvgIpc) is 3.45. The Labute approximate surface area is 202 Å². The van der Waals surface area contributed by atoms with Gasteiger partial charge in [0.05, 0.1) is 6.61 Å². The number of carbonyl (C=O) groups excluding carboxylic acids is 2. The topological polar surface area (TPSA) is 119 Å². The molecule has 11 heteroatoms. The number of nitrogens with one attached hydrogen (secondary N) is 2. The Balaban J connectivity index is 1.26. The van der Waals surface area contributed by atoms with Crippen LogP contribution in [0.3, 0.4) is 0 Å². The minimum absolute atomic E-state index is 0.0535. The van der Waals surface area contributed by atoms with Gasteiger partial charge in [0.15, 0.2) is 0 Å². The number of alkyl halides is 1. The number of rotatable bonds is 10. The number of nitrogens with zero attached hydrogens (tertiary/aromatic N) is 2. The molecule has 1 aromatic heterocycles. The van der Waals surface area contributed by atoms with Crippen molar-refractivity contribution >= 4 is 28.5 Å². The molecule has 3 amide bonds. The molecule has 0 radical (unpaired) electrons. The number of primary amides is 1. The van der Waals surface area contributed by atoms with E-state index in [0.717, 1.165) is 67.2 Å². The maximum atomic E-state index is 12.4. The van der Waals surface area contributed by atoms with Crippen LogP contribution < -0.4 is 25.8 Å². The van der Waals surface area contributed by atoms with Crippen molar-refractivity contribution in [1.29, 1.82) is 0 Å². The molecule has 1 fully saturated rings. The molecular weight excluding hydrogens is 461 g/mol. The number of hydrogen-bond donors (Lipinski definition) is 3. The number of anilines is 1. The summed E-state index contributed by atoms with van der Waals surface area (Å²) in [6, 6.07) is 5.43. The van der Waals surface area contributed by atoms with Gasteiger partial charge in [-0.05, 0) is 67.0 Å². The molecule has 0 saturated carbocycles. The lowest BCUT2D eigenvalue weighted by Gasteiger charge is -2.31. The monoisotopic (exact) mass is 491 g/mol. The molecule has 4 rings (SSSR count). The number of amides is 3. The fourth-order valence-electron chi connectivity index (χ4n) is 4.28. The zero-order valence-electron chi connectivity index (χ0n) is 19.0. The van der Waals surface area contributed by atoms with Gasteiger partial charge in [0.25, 0.3) is 5.91 Å². The molecule has 0 atom stereocenters. The number of fused-ring (bicyclic) bond motifs is 1. The molecule has 184 valence electrons. The van der Waals surface area contributed by atoms with Crippen molar-refractivity contribution in [2.45, 2.75) is 32.3 Å². The van der Waals surface area contributed by atoms with Gasteiger partial charge >= 0.3 is 6.03 Å². The molecule has 34 heavy (non-hydrogen) atoms. The predicted molar refractivity (Wildman–Crippen MR) is 127 cm³/mol. The van der Waals surface area contributed by atoms with Crippen molar-refractivity contribution in [1.82, 2.24) is 14.6 Å². The second-order valence-electron chi connectivity index (χ2n) is 8.53. The molecular formula is C23H30FN5O4S. The van der Waals surface area contributed by atoms with E-state index in [0.29, 0.717) is 25.6 Å². The Hall–Kier alpha value is -2.92. The number of piperidine rings is 1. The minimum atomic E-state index is -0.726. The highest BCUT2D eigenvalue weighted by atomic mass is 32.1. The summed E-state index contributed by atoms with van der Waals surface area (Å²) in [5.41, 5.74) is 7.63. The third-order valence-electron chi connectivity index (χ3n) is 6.22. The normalized spacial score (nSPS) is 16.0. The summed E-state index contributed by atoms with van der Waals surface area (Å²) in [7, 11) is 0. The summed E-state index contributed by atoms with van der Waals surface area (Å²) in [6.45, 7) is 3.35. The lowest BCUT2D eigenvalue weighted by molar-refractivity contribution is 0.0996. The fraction of sp³-hybridized carbons (Fsp3) is 0.522. The van der Waals surface area contributed by atoms with Crippen LogP contribution in [-0.2, 0) is 13.0 Å². The van der Waals surface area contributed by atoms with Gasteiger partial charge in [-0.25, -0.2) is 9.18 Å². The first-order chi connectivity index (χ1) is 16.5. The number of nitrogens with two attached hydrogens (primary N) is 1. The van der Waals surface area contributed by atoms with Crippen LogP contribution in [0.2, 0.25) is 0 Å².